The highest BCUT2D eigenvalue weighted by molar-refractivity contribution is 7.89. The van der Waals surface area contributed by atoms with Crippen LogP contribution in [0.4, 0.5) is 11.4 Å². The summed E-state index contributed by atoms with van der Waals surface area (Å²) in [7, 11) is -3.27. The molecule has 6 nitrogen and oxygen atoms in total. The number of sulfonamides is 1. The number of rotatable bonds is 3. The van der Waals surface area contributed by atoms with E-state index in [4.69, 9.17) is 17.3 Å². The first-order valence-electron chi connectivity index (χ1n) is 5.71. The first-order valence-corrected chi connectivity index (χ1v) is 7.70. The van der Waals surface area contributed by atoms with Gasteiger partial charge in [-0.25, -0.2) is 8.42 Å². The highest BCUT2D eigenvalue weighted by Crippen LogP contribution is 2.22. The minimum absolute atomic E-state index is 0.101. The van der Waals surface area contributed by atoms with E-state index in [1.807, 2.05) is 0 Å². The van der Waals surface area contributed by atoms with Crippen molar-refractivity contribution in [1.82, 2.24) is 4.31 Å². The lowest BCUT2D eigenvalue weighted by Gasteiger charge is -2.14. The van der Waals surface area contributed by atoms with E-state index in [9.17, 15) is 13.2 Å². The maximum Gasteiger partial charge on any atom is 0.239 e. The summed E-state index contributed by atoms with van der Waals surface area (Å²) in [5.74, 6) is -0.317. The molecule has 1 aromatic carbocycles. The van der Waals surface area contributed by atoms with Crippen molar-refractivity contribution in [2.45, 2.75) is 6.42 Å². The van der Waals surface area contributed by atoms with E-state index in [1.54, 1.807) is 12.1 Å². The molecular formula is C11H14ClN3O3S. The Balaban J connectivity index is 2.02. The van der Waals surface area contributed by atoms with Crippen molar-refractivity contribution in [3.05, 3.63) is 23.2 Å². The van der Waals surface area contributed by atoms with Crippen LogP contribution in [0.15, 0.2) is 18.2 Å². The Morgan fingerprint density at radius 1 is 1.47 bits per heavy atom. The summed E-state index contributed by atoms with van der Waals surface area (Å²) in [5, 5.41) is 3.04. The number of hydrogen-bond donors (Lipinski definition) is 2. The molecule has 0 bridgehead atoms. The van der Waals surface area contributed by atoms with Gasteiger partial charge in [0.1, 0.15) is 0 Å². The summed E-state index contributed by atoms with van der Waals surface area (Å²) in [6, 6.07) is 4.69. The van der Waals surface area contributed by atoms with Crippen molar-refractivity contribution in [1.29, 1.82) is 0 Å². The topological polar surface area (TPSA) is 92.5 Å². The van der Waals surface area contributed by atoms with Crippen LogP contribution in [-0.2, 0) is 14.8 Å². The molecule has 1 heterocycles. The Kier molecular flexibility index (Phi) is 3.98. The van der Waals surface area contributed by atoms with Crippen LogP contribution in [0.5, 0.6) is 0 Å². The van der Waals surface area contributed by atoms with Crippen LogP contribution < -0.4 is 11.1 Å². The van der Waals surface area contributed by atoms with Crippen LogP contribution >= 0.6 is 11.6 Å². The first-order chi connectivity index (χ1) is 8.88. The summed E-state index contributed by atoms with van der Waals surface area (Å²) >= 11 is 5.75. The van der Waals surface area contributed by atoms with Gasteiger partial charge in [-0.3, -0.25) is 4.79 Å². The standard InChI is InChI=1S/C11H14ClN3O3S/c12-8-2-3-10(9(13)6-8)14-11(16)7-15-4-1-5-19(15,17)18/h2-3,6H,1,4-5,7,13H2,(H,14,16). The number of amides is 1. The van der Waals surface area contributed by atoms with E-state index in [0.717, 1.165) is 0 Å². The second kappa shape index (κ2) is 5.36. The average molecular weight is 304 g/mol. The number of anilines is 2. The number of nitrogens with two attached hydrogens (primary N) is 1. The fraction of sp³-hybridized carbons (Fsp3) is 0.364. The molecule has 1 aliphatic heterocycles. The molecule has 19 heavy (non-hydrogen) atoms. The Hall–Kier alpha value is -1.31. The third-order valence-electron chi connectivity index (χ3n) is 2.81. The smallest absolute Gasteiger partial charge is 0.239 e. The van der Waals surface area contributed by atoms with Crippen molar-refractivity contribution in [2.75, 3.05) is 29.9 Å². The summed E-state index contributed by atoms with van der Waals surface area (Å²) in [6.45, 7) is 0.191. The molecule has 0 aromatic heterocycles. The zero-order valence-corrected chi connectivity index (χ0v) is 11.7. The maximum absolute atomic E-state index is 11.8. The number of halogens is 1. The SMILES string of the molecule is Nc1cc(Cl)ccc1NC(=O)CN1CCCS1(=O)=O. The molecule has 1 saturated heterocycles. The summed E-state index contributed by atoms with van der Waals surface area (Å²) in [4.78, 5) is 11.8. The third-order valence-corrected chi connectivity index (χ3v) is 4.95. The molecule has 2 rings (SSSR count). The number of hydrogen-bond acceptors (Lipinski definition) is 4. The zero-order valence-electron chi connectivity index (χ0n) is 10.1. The van der Waals surface area contributed by atoms with Gasteiger partial charge < -0.3 is 11.1 Å². The van der Waals surface area contributed by atoms with E-state index in [-0.39, 0.29) is 12.3 Å². The molecule has 1 fully saturated rings. The molecule has 1 aliphatic rings. The van der Waals surface area contributed by atoms with Crippen LogP contribution in [0.1, 0.15) is 6.42 Å². The molecule has 0 radical (unpaired) electrons. The summed E-state index contributed by atoms with van der Waals surface area (Å²) < 4.78 is 24.3. The number of carbonyl (C=O) groups is 1. The Bertz CT molecular complexity index is 603. The molecule has 1 amide bonds. The summed E-state index contributed by atoms with van der Waals surface area (Å²) in [5.41, 5.74) is 6.46. The van der Waals surface area contributed by atoms with E-state index in [0.29, 0.717) is 29.4 Å². The normalized spacial score (nSPS) is 18.4. The van der Waals surface area contributed by atoms with E-state index < -0.39 is 15.9 Å². The highest BCUT2D eigenvalue weighted by Gasteiger charge is 2.29. The average Bonchev–Trinajstić information content (AvgIpc) is 2.62. The van der Waals surface area contributed by atoms with Crippen molar-refractivity contribution < 1.29 is 13.2 Å². The largest absolute Gasteiger partial charge is 0.397 e. The fourth-order valence-electron chi connectivity index (χ4n) is 1.87. The molecule has 1 aromatic rings. The molecule has 0 aliphatic carbocycles. The lowest BCUT2D eigenvalue weighted by Crippen LogP contribution is -2.34. The van der Waals surface area contributed by atoms with Gasteiger partial charge >= 0.3 is 0 Å². The van der Waals surface area contributed by atoms with Crippen molar-refractivity contribution >= 4 is 38.9 Å². The van der Waals surface area contributed by atoms with Crippen LogP contribution in [0, 0.1) is 0 Å². The number of carbonyl (C=O) groups excluding carboxylic acids is 1. The van der Waals surface area contributed by atoms with Crippen LogP contribution in [-0.4, -0.2) is 37.5 Å². The van der Waals surface area contributed by atoms with Crippen LogP contribution in [0.25, 0.3) is 0 Å². The Morgan fingerprint density at radius 3 is 2.79 bits per heavy atom. The minimum atomic E-state index is -3.27. The maximum atomic E-state index is 11.8. The quantitative estimate of drug-likeness (QED) is 0.811. The predicted molar refractivity (Wildman–Crippen MR) is 74.5 cm³/mol. The van der Waals surface area contributed by atoms with Crippen molar-refractivity contribution in [2.24, 2.45) is 0 Å². The number of benzene rings is 1. The summed E-state index contributed by atoms with van der Waals surface area (Å²) in [6.07, 6.45) is 0.554. The number of nitrogen functional groups attached to an aromatic ring is 1. The molecular weight excluding hydrogens is 290 g/mol. The van der Waals surface area contributed by atoms with Crippen molar-refractivity contribution in [3.8, 4) is 0 Å². The zero-order chi connectivity index (χ0) is 14.0. The fourth-order valence-corrected chi connectivity index (χ4v) is 3.52. The lowest BCUT2D eigenvalue weighted by atomic mass is 10.2. The van der Waals surface area contributed by atoms with Crippen molar-refractivity contribution in [3.63, 3.8) is 0 Å². The lowest BCUT2D eigenvalue weighted by molar-refractivity contribution is -0.116. The number of nitrogens with zero attached hydrogens (tertiary/aromatic N) is 1. The van der Waals surface area contributed by atoms with Crippen LogP contribution in [0.3, 0.4) is 0 Å². The van der Waals surface area contributed by atoms with Gasteiger partial charge in [0.05, 0.1) is 23.7 Å². The van der Waals surface area contributed by atoms with E-state index >= 15 is 0 Å². The molecule has 0 unspecified atom stereocenters. The molecule has 0 atom stereocenters. The monoisotopic (exact) mass is 303 g/mol. The second-order valence-corrected chi connectivity index (χ2v) is 6.81. The van der Waals surface area contributed by atoms with Gasteiger partial charge in [-0.1, -0.05) is 11.6 Å². The highest BCUT2D eigenvalue weighted by atomic mass is 35.5. The molecule has 104 valence electrons. The van der Waals surface area contributed by atoms with Gasteiger partial charge in [-0.15, -0.1) is 0 Å². The van der Waals surface area contributed by atoms with Gasteiger partial charge in [0.15, 0.2) is 0 Å². The molecule has 0 saturated carbocycles. The van der Waals surface area contributed by atoms with Crippen LogP contribution in [0.2, 0.25) is 5.02 Å². The molecule has 3 N–H and O–H groups in total. The molecule has 0 spiro atoms. The predicted octanol–water partition coefficient (Wildman–Crippen LogP) is 0.896. The third kappa shape index (κ3) is 3.37. The molecule has 8 heteroatoms. The van der Waals surface area contributed by atoms with E-state index in [2.05, 4.69) is 5.32 Å². The second-order valence-electron chi connectivity index (χ2n) is 4.28. The van der Waals surface area contributed by atoms with Gasteiger partial charge in [-0.2, -0.15) is 4.31 Å². The van der Waals surface area contributed by atoms with Gasteiger partial charge in [0, 0.05) is 11.6 Å². The number of nitrogens with one attached hydrogen (secondary N) is 1. The van der Waals surface area contributed by atoms with Gasteiger partial charge in [-0.05, 0) is 24.6 Å². The Labute approximate surface area is 116 Å². The van der Waals surface area contributed by atoms with Gasteiger partial charge in [0.25, 0.3) is 0 Å². The van der Waals surface area contributed by atoms with Gasteiger partial charge in [0.2, 0.25) is 15.9 Å². The minimum Gasteiger partial charge on any atom is -0.397 e. The first kappa shape index (κ1) is 14.1. The van der Waals surface area contributed by atoms with E-state index in [1.165, 1.54) is 10.4 Å². The Morgan fingerprint density at radius 2 is 2.21 bits per heavy atom.